The summed E-state index contributed by atoms with van der Waals surface area (Å²) in [6.07, 6.45) is 0. The molecule has 4 nitrogen and oxygen atoms in total. The van der Waals surface area contributed by atoms with E-state index in [1.807, 2.05) is 26.0 Å². The Morgan fingerprint density at radius 1 is 1.00 bits per heavy atom. The van der Waals surface area contributed by atoms with Crippen LogP contribution in [-0.4, -0.2) is 26.3 Å². The Morgan fingerprint density at radius 2 is 1.55 bits per heavy atom. The first-order chi connectivity index (χ1) is 10.5. The number of hydrogen-bond acceptors (Lipinski definition) is 4. The van der Waals surface area contributed by atoms with E-state index < -0.39 is 0 Å². The standard InChI is InChI=1S/C17H29ClN2O2/c1-5-21-16-8-17(22-6-2)15(18)7-14(16)12(4)11(3)13(9-19)10-20/h7-8,11-13H,5-6,9-10,19-20H2,1-4H3. The van der Waals surface area contributed by atoms with Gasteiger partial charge in [0, 0.05) is 6.07 Å². The van der Waals surface area contributed by atoms with Crippen molar-refractivity contribution in [3.8, 4) is 11.5 Å². The summed E-state index contributed by atoms with van der Waals surface area (Å²) in [5, 5.41) is 0.608. The van der Waals surface area contributed by atoms with Crippen molar-refractivity contribution < 1.29 is 9.47 Å². The second-order valence-electron chi connectivity index (χ2n) is 5.57. The average molecular weight is 329 g/mol. The van der Waals surface area contributed by atoms with E-state index in [1.54, 1.807) is 0 Å². The van der Waals surface area contributed by atoms with Gasteiger partial charge in [0.05, 0.1) is 18.2 Å². The van der Waals surface area contributed by atoms with Gasteiger partial charge in [-0.05, 0) is 56.3 Å². The van der Waals surface area contributed by atoms with Crippen LogP contribution in [0.15, 0.2) is 12.1 Å². The molecular weight excluding hydrogens is 300 g/mol. The highest BCUT2D eigenvalue weighted by atomic mass is 35.5. The Labute approximate surface area is 139 Å². The van der Waals surface area contributed by atoms with Crippen molar-refractivity contribution in [2.45, 2.75) is 33.6 Å². The molecule has 1 rings (SSSR count). The third-order valence-corrected chi connectivity index (χ3v) is 4.59. The predicted octanol–water partition coefficient (Wildman–Crippen LogP) is 3.41. The van der Waals surface area contributed by atoms with E-state index in [4.69, 9.17) is 32.5 Å². The zero-order valence-corrected chi connectivity index (χ0v) is 14.8. The van der Waals surface area contributed by atoms with Crippen molar-refractivity contribution in [2.24, 2.45) is 23.3 Å². The largest absolute Gasteiger partial charge is 0.493 e. The number of benzene rings is 1. The van der Waals surface area contributed by atoms with Gasteiger partial charge in [-0.1, -0.05) is 25.4 Å². The summed E-state index contributed by atoms with van der Waals surface area (Å²) < 4.78 is 11.4. The molecule has 126 valence electrons. The molecule has 0 saturated heterocycles. The molecule has 4 N–H and O–H groups in total. The van der Waals surface area contributed by atoms with Crippen LogP contribution in [-0.2, 0) is 0 Å². The first kappa shape index (κ1) is 19.1. The van der Waals surface area contributed by atoms with Crippen molar-refractivity contribution in [3.05, 3.63) is 22.7 Å². The van der Waals surface area contributed by atoms with E-state index in [0.717, 1.165) is 11.3 Å². The second kappa shape index (κ2) is 9.23. The van der Waals surface area contributed by atoms with Crippen LogP contribution in [0.2, 0.25) is 5.02 Å². The third kappa shape index (κ3) is 4.51. The Balaban J connectivity index is 3.17. The van der Waals surface area contributed by atoms with Crippen LogP contribution in [0.4, 0.5) is 0 Å². The van der Waals surface area contributed by atoms with E-state index in [1.165, 1.54) is 0 Å². The predicted molar refractivity (Wildman–Crippen MR) is 93.0 cm³/mol. The van der Waals surface area contributed by atoms with E-state index in [0.29, 0.717) is 43.0 Å². The molecule has 0 aliphatic carbocycles. The van der Waals surface area contributed by atoms with Gasteiger partial charge in [0.2, 0.25) is 0 Å². The number of rotatable bonds is 9. The van der Waals surface area contributed by atoms with Gasteiger partial charge in [0.15, 0.2) is 0 Å². The highest BCUT2D eigenvalue weighted by molar-refractivity contribution is 6.32. The zero-order chi connectivity index (χ0) is 16.7. The van der Waals surface area contributed by atoms with Crippen molar-refractivity contribution in [3.63, 3.8) is 0 Å². The van der Waals surface area contributed by atoms with Crippen LogP contribution >= 0.6 is 11.6 Å². The first-order valence-corrected chi connectivity index (χ1v) is 8.36. The Morgan fingerprint density at radius 3 is 2.05 bits per heavy atom. The van der Waals surface area contributed by atoms with E-state index in [2.05, 4.69) is 13.8 Å². The maximum Gasteiger partial charge on any atom is 0.141 e. The fourth-order valence-electron chi connectivity index (χ4n) is 2.67. The van der Waals surface area contributed by atoms with Gasteiger partial charge in [-0.3, -0.25) is 0 Å². The normalized spacial score (nSPS) is 14.0. The van der Waals surface area contributed by atoms with Crippen molar-refractivity contribution in [2.75, 3.05) is 26.3 Å². The molecule has 1 aromatic rings. The van der Waals surface area contributed by atoms with Crippen LogP contribution in [0.3, 0.4) is 0 Å². The molecule has 5 heteroatoms. The summed E-state index contributed by atoms with van der Waals surface area (Å²) in [6, 6.07) is 3.83. The highest BCUT2D eigenvalue weighted by Gasteiger charge is 2.25. The van der Waals surface area contributed by atoms with Gasteiger partial charge in [-0.25, -0.2) is 0 Å². The molecule has 0 radical (unpaired) electrons. The van der Waals surface area contributed by atoms with Gasteiger partial charge in [0.1, 0.15) is 11.5 Å². The van der Waals surface area contributed by atoms with Crippen LogP contribution in [0, 0.1) is 11.8 Å². The van der Waals surface area contributed by atoms with Crippen molar-refractivity contribution in [1.82, 2.24) is 0 Å². The van der Waals surface area contributed by atoms with Crippen molar-refractivity contribution in [1.29, 1.82) is 0 Å². The Kier molecular flexibility index (Phi) is 8.01. The lowest BCUT2D eigenvalue weighted by molar-refractivity contribution is 0.300. The minimum Gasteiger partial charge on any atom is -0.493 e. The number of hydrogen-bond donors (Lipinski definition) is 2. The third-order valence-electron chi connectivity index (χ3n) is 4.29. The molecule has 2 unspecified atom stereocenters. The average Bonchev–Trinajstić information content (AvgIpc) is 2.51. The summed E-state index contributed by atoms with van der Waals surface area (Å²) in [5.41, 5.74) is 12.7. The zero-order valence-electron chi connectivity index (χ0n) is 14.1. The van der Waals surface area contributed by atoms with Crippen LogP contribution in [0.5, 0.6) is 11.5 Å². The van der Waals surface area contributed by atoms with Gasteiger partial charge in [-0.2, -0.15) is 0 Å². The molecule has 22 heavy (non-hydrogen) atoms. The minimum atomic E-state index is 0.242. The highest BCUT2D eigenvalue weighted by Crippen LogP contribution is 2.40. The maximum absolute atomic E-state index is 6.35. The molecule has 2 atom stereocenters. The smallest absolute Gasteiger partial charge is 0.141 e. The quantitative estimate of drug-likeness (QED) is 0.728. The van der Waals surface area contributed by atoms with Crippen LogP contribution in [0.25, 0.3) is 0 Å². The molecular formula is C17H29ClN2O2. The van der Waals surface area contributed by atoms with Gasteiger partial charge < -0.3 is 20.9 Å². The molecule has 0 fully saturated rings. The summed E-state index contributed by atoms with van der Waals surface area (Å²) in [4.78, 5) is 0. The number of halogens is 1. The molecule has 0 saturated carbocycles. The molecule has 0 aromatic heterocycles. The molecule has 0 aliphatic heterocycles. The summed E-state index contributed by atoms with van der Waals surface area (Å²) in [7, 11) is 0. The SMILES string of the molecule is CCOc1cc(OCC)c(C(C)C(C)C(CN)CN)cc1Cl. The fourth-order valence-corrected chi connectivity index (χ4v) is 2.90. The van der Waals surface area contributed by atoms with Gasteiger partial charge in [-0.15, -0.1) is 0 Å². The van der Waals surface area contributed by atoms with Crippen molar-refractivity contribution >= 4 is 11.6 Å². The number of ether oxygens (including phenoxy) is 2. The monoisotopic (exact) mass is 328 g/mol. The number of nitrogens with two attached hydrogens (primary N) is 2. The lowest BCUT2D eigenvalue weighted by atomic mass is 9.80. The summed E-state index contributed by atoms with van der Waals surface area (Å²) in [5.74, 6) is 2.33. The molecule has 0 bridgehead atoms. The maximum atomic E-state index is 6.35. The first-order valence-electron chi connectivity index (χ1n) is 7.99. The van der Waals surface area contributed by atoms with Gasteiger partial charge >= 0.3 is 0 Å². The van der Waals surface area contributed by atoms with E-state index in [9.17, 15) is 0 Å². The van der Waals surface area contributed by atoms with Gasteiger partial charge in [0.25, 0.3) is 0 Å². The lowest BCUT2D eigenvalue weighted by Crippen LogP contribution is -2.31. The van der Waals surface area contributed by atoms with Crippen LogP contribution < -0.4 is 20.9 Å². The molecule has 0 aliphatic rings. The van der Waals surface area contributed by atoms with E-state index >= 15 is 0 Å². The molecule has 0 amide bonds. The Hall–Kier alpha value is -0.970. The Bertz CT molecular complexity index is 464. The van der Waals surface area contributed by atoms with Crippen LogP contribution in [0.1, 0.15) is 39.2 Å². The molecule has 0 heterocycles. The lowest BCUT2D eigenvalue weighted by Gasteiger charge is -2.29. The fraction of sp³-hybridized carbons (Fsp3) is 0.647. The molecule has 1 aromatic carbocycles. The minimum absolute atomic E-state index is 0.242. The molecule has 0 spiro atoms. The summed E-state index contributed by atoms with van der Waals surface area (Å²) >= 11 is 6.35. The summed E-state index contributed by atoms with van der Waals surface area (Å²) in [6.45, 7) is 10.6. The van der Waals surface area contributed by atoms with E-state index in [-0.39, 0.29) is 11.8 Å². The second-order valence-corrected chi connectivity index (χ2v) is 5.97. The topological polar surface area (TPSA) is 70.5 Å².